The minimum absolute atomic E-state index is 0. The number of nitrogens with zero attached hydrogens (tertiary/aromatic N) is 4. The number of aromatic nitrogens is 3. The summed E-state index contributed by atoms with van der Waals surface area (Å²) >= 11 is 5.73. The molecule has 0 fully saturated rings. The lowest BCUT2D eigenvalue weighted by Gasteiger charge is -2.13. The molecule has 2 rings (SSSR count). The lowest BCUT2D eigenvalue weighted by atomic mass is 10.3. The van der Waals surface area contributed by atoms with Crippen LogP contribution in [0.3, 0.4) is 0 Å². The number of rotatable bonds is 2. The van der Waals surface area contributed by atoms with E-state index in [1.165, 1.54) is 0 Å². The van der Waals surface area contributed by atoms with Crippen molar-refractivity contribution in [2.75, 3.05) is 14.1 Å². The van der Waals surface area contributed by atoms with Crippen LogP contribution in [-0.4, -0.2) is 44.9 Å². The fraction of sp³-hybridized carbons (Fsp3) is 0.455. The maximum Gasteiger partial charge on any atom is 0.130 e. The standard InChI is InChI=1S/C6H5N3O.C5H12ClN.ClH/c10-9-6-4-2-1-3-5(6)7-8-9;1-4-5(6)7(2)3;/h1-4,10H;5H,4H2,1-3H3;1H. The van der Waals surface area contributed by atoms with Crippen LogP contribution in [0, 0.1) is 0 Å². The van der Waals surface area contributed by atoms with E-state index in [4.69, 9.17) is 16.8 Å². The van der Waals surface area contributed by atoms with Crippen LogP contribution in [0.15, 0.2) is 24.3 Å². The summed E-state index contributed by atoms with van der Waals surface area (Å²) < 4.78 is 0. The molecule has 0 spiro atoms. The Bertz CT molecular complexity index is 461. The first-order valence-corrected chi connectivity index (χ1v) is 5.80. The lowest BCUT2D eigenvalue weighted by molar-refractivity contribution is 0.155. The molecule has 0 aliphatic carbocycles. The van der Waals surface area contributed by atoms with Gasteiger partial charge in [-0.25, -0.2) is 0 Å². The molecule has 2 aromatic rings. The number of benzene rings is 1. The molecular formula is C11H18Cl2N4O. The van der Waals surface area contributed by atoms with Gasteiger partial charge in [0.1, 0.15) is 11.0 Å². The van der Waals surface area contributed by atoms with Crippen molar-refractivity contribution in [2.24, 2.45) is 0 Å². The number of fused-ring (bicyclic) bond motifs is 1. The SMILES string of the molecule is CCC(Cl)N(C)C.Cl.On1nnc2ccccc21. The summed E-state index contributed by atoms with van der Waals surface area (Å²) in [5.74, 6) is 0. The molecule has 5 nitrogen and oxygen atoms in total. The van der Waals surface area contributed by atoms with Crippen LogP contribution in [0.25, 0.3) is 11.0 Å². The Morgan fingerprint density at radius 1 is 1.39 bits per heavy atom. The van der Waals surface area contributed by atoms with Crippen molar-refractivity contribution >= 4 is 35.0 Å². The molecule has 0 saturated carbocycles. The summed E-state index contributed by atoms with van der Waals surface area (Å²) in [4.78, 5) is 2.75. The molecule has 1 aromatic carbocycles. The highest BCUT2D eigenvalue weighted by molar-refractivity contribution is 6.20. The molecule has 0 radical (unpaired) electrons. The predicted octanol–water partition coefficient (Wildman–Crippen LogP) is 2.61. The van der Waals surface area contributed by atoms with Crippen molar-refractivity contribution in [3.8, 4) is 0 Å². The molecule has 0 aliphatic rings. The quantitative estimate of drug-likeness (QED) is 0.525. The first-order chi connectivity index (χ1) is 8.06. The molecule has 1 aromatic heterocycles. The number of hydrogen-bond acceptors (Lipinski definition) is 4. The van der Waals surface area contributed by atoms with Gasteiger partial charge in [0.2, 0.25) is 0 Å². The van der Waals surface area contributed by atoms with Crippen LogP contribution in [0.4, 0.5) is 0 Å². The van der Waals surface area contributed by atoms with Gasteiger partial charge in [-0.3, -0.25) is 4.90 Å². The van der Waals surface area contributed by atoms with Crippen LogP contribution in [0.5, 0.6) is 0 Å². The topological polar surface area (TPSA) is 54.2 Å². The Hall–Kier alpha value is -1.04. The Labute approximate surface area is 118 Å². The zero-order valence-corrected chi connectivity index (χ0v) is 12.2. The minimum atomic E-state index is 0. The van der Waals surface area contributed by atoms with Gasteiger partial charge in [-0.05, 0) is 37.9 Å². The molecule has 0 bridgehead atoms. The van der Waals surface area contributed by atoms with E-state index in [9.17, 15) is 0 Å². The maximum absolute atomic E-state index is 8.95. The number of halogens is 2. The molecule has 0 aliphatic heterocycles. The van der Waals surface area contributed by atoms with Gasteiger partial charge in [0.15, 0.2) is 0 Å². The Balaban J connectivity index is 0.000000326. The Morgan fingerprint density at radius 3 is 2.44 bits per heavy atom. The van der Waals surface area contributed by atoms with Crippen molar-refractivity contribution in [1.82, 2.24) is 20.1 Å². The smallest absolute Gasteiger partial charge is 0.130 e. The fourth-order valence-electron chi connectivity index (χ4n) is 1.22. The zero-order valence-electron chi connectivity index (χ0n) is 10.6. The Morgan fingerprint density at radius 2 is 2.00 bits per heavy atom. The first kappa shape index (κ1) is 17.0. The summed E-state index contributed by atoms with van der Waals surface area (Å²) in [5.41, 5.74) is 1.53. The summed E-state index contributed by atoms with van der Waals surface area (Å²) in [7, 11) is 3.95. The fourth-order valence-corrected chi connectivity index (χ4v) is 1.22. The van der Waals surface area contributed by atoms with Gasteiger partial charge in [0.05, 0.1) is 5.50 Å². The number of para-hydroxylation sites is 1. The van der Waals surface area contributed by atoms with Crippen molar-refractivity contribution in [2.45, 2.75) is 18.8 Å². The van der Waals surface area contributed by atoms with E-state index in [1.807, 2.05) is 31.1 Å². The molecule has 1 heterocycles. The van der Waals surface area contributed by atoms with Gasteiger partial charge >= 0.3 is 0 Å². The third kappa shape index (κ3) is 4.68. The predicted molar refractivity (Wildman–Crippen MR) is 75.6 cm³/mol. The highest BCUT2D eigenvalue weighted by Gasteiger charge is 2.00. The largest absolute Gasteiger partial charge is 0.410 e. The van der Waals surface area contributed by atoms with E-state index in [1.54, 1.807) is 12.1 Å². The number of alkyl halides is 1. The monoisotopic (exact) mass is 292 g/mol. The molecule has 0 saturated heterocycles. The molecular weight excluding hydrogens is 275 g/mol. The third-order valence-corrected chi connectivity index (χ3v) is 2.93. The molecule has 7 heteroatoms. The minimum Gasteiger partial charge on any atom is -0.410 e. The first-order valence-electron chi connectivity index (χ1n) is 5.36. The molecule has 1 unspecified atom stereocenters. The second kappa shape index (κ2) is 8.13. The van der Waals surface area contributed by atoms with Crippen LogP contribution in [-0.2, 0) is 0 Å². The van der Waals surface area contributed by atoms with Crippen molar-refractivity contribution in [3.63, 3.8) is 0 Å². The molecule has 18 heavy (non-hydrogen) atoms. The van der Waals surface area contributed by atoms with Crippen molar-refractivity contribution in [1.29, 1.82) is 0 Å². The second-order valence-corrected chi connectivity index (χ2v) is 4.28. The Kier molecular flexibility index (Phi) is 7.66. The van der Waals surface area contributed by atoms with Crippen molar-refractivity contribution in [3.05, 3.63) is 24.3 Å². The maximum atomic E-state index is 8.95. The summed E-state index contributed by atoms with van der Waals surface area (Å²) in [6, 6.07) is 7.19. The van der Waals surface area contributed by atoms with E-state index < -0.39 is 0 Å². The summed E-state index contributed by atoms with van der Waals surface area (Å²) in [6.07, 6.45) is 1.01. The van der Waals surface area contributed by atoms with E-state index in [2.05, 4.69) is 17.2 Å². The van der Waals surface area contributed by atoms with E-state index in [-0.39, 0.29) is 17.9 Å². The van der Waals surface area contributed by atoms with Gasteiger partial charge in [-0.2, -0.15) is 0 Å². The average Bonchev–Trinajstić information content (AvgIpc) is 2.71. The zero-order chi connectivity index (χ0) is 12.8. The highest BCUT2D eigenvalue weighted by Crippen LogP contribution is 2.06. The third-order valence-electron chi connectivity index (χ3n) is 2.23. The van der Waals surface area contributed by atoms with Gasteiger partial charge < -0.3 is 5.21 Å². The van der Waals surface area contributed by atoms with Crippen LogP contribution in [0.2, 0.25) is 0 Å². The summed E-state index contributed by atoms with van der Waals surface area (Å²) in [5, 5.41) is 16.1. The molecule has 1 N–H and O–H groups in total. The van der Waals surface area contributed by atoms with Gasteiger partial charge in [0, 0.05) is 0 Å². The van der Waals surface area contributed by atoms with Gasteiger partial charge in [-0.15, -0.1) is 29.1 Å². The van der Waals surface area contributed by atoms with Gasteiger partial charge in [0.25, 0.3) is 0 Å². The number of hydrogen-bond donors (Lipinski definition) is 1. The summed E-state index contributed by atoms with van der Waals surface area (Å²) in [6.45, 7) is 2.07. The van der Waals surface area contributed by atoms with Crippen LogP contribution >= 0.6 is 24.0 Å². The normalized spacial score (nSPS) is 11.6. The highest BCUT2D eigenvalue weighted by atomic mass is 35.5. The van der Waals surface area contributed by atoms with Crippen LogP contribution < -0.4 is 0 Å². The molecule has 1 atom stereocenters. The van der Waals surface area contributed by atoms with Crippen LogP contribution in [0.1, 0.15) is 13.3 Å². The van der Waals surface area contributed by atoms with E-state index >= 15 is 0 Å². The average molecular weight is 293 g/mol. The lowest BCUT2D eigenvalue weighted by Crippen LogP contribution is -2.20. The van der Waals surface area contributed by atoms with E-state index in [0.717, 1.165) is 11.3 Å². The van der Waals surface area contributed by atoms with Gasteiger partial charge in [-0.1, -0.05) is 23.9 Å². The second-order valence-electron chi connectivity index (χ2n) is 3.77. The van der Waals surface area contributed by atoms with E-state index in [0.29, 0.717) is 11.0 Å². The molecule has 102 valence electrons. The van der Waals surface area contributed by atoms with Crippen molar-refractivity contribution < 1.29 is 5.21 Å². The molecule has 0 amide bonds.